The maximum atomic E-state index is 13.9. The molecule has 1 aromatic heterocycles. The topological polar surface area (TPSA) is 60.9 Å². The van der Waals surface area contributed by atoms with Crippen LogP contribution < -0.4 is 19.1 Å². The summed E-state index contributed by atoms with van der Waals surface area (Å²) in [6, 6.07) is 19.4. The minimum absolute atomic E-state index is 0.199. The Labute approximate surface area is 197 Å². The first-order valence-corrected chi connectivity index (χ1v) is 11.5. The standard InChI is InChI=1S/C26H26N2O4S/c1-5-18-12-9-13-22-23(18)27-26(33-22)28(16-17-10-7-6-8-11-17)25(29)19-14-20(30-2)24(32-4)21(15-19)31-3/h6-15H,5,16H2,1-4H3. The quantitative estimate of drug-likeness (QED) is 0.335. The SMILES string of the molecule is CCc1cccc2sc(N(Cc3ccccc3)C(=O)c3cc(OC)c(OC)c(OC)c3)nc12. The number of rotatable bonds is 8. The molecule has 170 valence electrons. The van der Waals surface area contributed by atoms with Gasteiger partial charge >= 0.3 is 0 Å². The molecule has 0 saturated carbocycles. The molecule has 0 radical (unpaired) electrons. The Bertz CT molecular complexity index is 1250. The first-order chi connectivity index (χ1) is 16.1. The number of fused-ring (bicyclic) bond motifs is 1. The minimum Gasteiger partial charge on any atom is -0.493 e. The number of aromatic nitrogens is 1. The molecule has 0 aliphatic heterocycles. The second-order valence-corrected chi connectivity index (χ2v) is 8.41. The molecule has 0 N–H and O–H groups in total. The van der Waals surface area contributed by atoms with Crippen molar-refractivity contribution in [2.24, 2.45) is 0 Å². The highest BCUT2D eigenvalue weighted by Crippen LogP contribution is 2.39. The third kappa shape index (κ3) is 4.50. The minimum atomic E-state index is -0.199. The third-order valence-electron chi connectivity index (χ3n) is 5.44. The summed E-state index contributed by atoms with van der Waals surface area (Å²) in [5.41, 5.74) is 3.54. The average molecular weight is 463 g/mol. The fourth-order valence-corrected chi connectivity index (χ4v) is 4.76. The van der Waals surface area contributed by atoms with Crippen molar-refractivity contribution in [2.45, 2.75) is 19.9 Å². The monoisotopic (exact) mass is 462 g/mol. The summed E-state index contributed by atoms with van der Waals surface area (Å²) in [6.45, 7) is 2.49. The fraction of sp³-hybridized carbons (Fsp3) is 0.231. The van der Waals surface area contributed by atoms with Gasteiger partial charge in [-0.25, -0.2) is 4.98 Å². The maximum Gasteiger partial charge on any atom is 0.260 e. The van der Waals surface area contributed by atoms with Gasteiger partial charge in [0.05, 0.1) is 38.1 Å². The number of methoxy groups -OCH3 is 3. The van der Waals surface area contributed by atoms with Crippen molar-refractivity contribution >= 4 is 32.6 Å². The van der Waals surface area contributed by atoms with Crippen LogP contribution in [0.15, 0.2) is 60.7 Å². The molecular weight excluding hydrogens is 436 g/mol. The maximum absolute atomic E-state index is 13.9. The van der Waals surface area contributed by atoms with E-state index in [-0.39, 0.29) is 5.91 Å². The lowest BCUT2D eigenvalue weighted by Crippen LogP contribution is -2.30. The summed E-state index contributed by atoms with van der Waals surface area (Å²) in [6.07, 6.45) is 0.875. The highest BCUT2D eigenvalue weighted by Gasteiger charge is 2.25. The Morgan fingerprint density at radius 3 is 2.24 bits per heavy atom. The molecule has 0 bridgehead atoms. The molecule has 4 rings (SSSR count). The van der Waals surface area contributed by atoms with E-state index in [2.05, 4.69) is 13.0 Å². The fourth-order valence-electron chi connectivity index (χ4n) is 3.75. The van der Waals surface area contributed by atoms with E-state index in [0.717, 1.165) is 27.8 Å². The molecule has 4 aromatic rings. The second-order valence-electron chi connectivity index (χ2n) is 7.40. The van der Waals surface area contributed by atoms with Gasteiger partial charge in [-0.3, -0.25) is 9.69 Å². The molecule has 0 aliphatic rings. The van der Waals surface area contributed by atoms with E-state index in [4.69, 9.17) is 19.2 Å². The van der Waals surface area contributed by atoms with Crippen LogP contribution in [0.5, 0.6) is 17.2 Å². The van der Waals surface area contributed by atoms with Crippen LogP contribution in [0, 0.1) is 0 Å². The summed E-state index contributed by atoms with van der Waals surface area (Å²) < 4.78 is 17.4. The number of nitrogens with zero attached hydrogens (tertiary/aromatic N) is 2. The number of aryl methyl sites for hydroxylation is 1. The van der Waals surface area contributed by atoms with Crippen molar-refractivity contribution in [3.8, 4) is 17.2 Å². The highest BCUT2D eigenvalue weighted by molar-refractivity contribution is 7.22. The molecule has 3 aromatic carbocycles. The lowest BCUT2D eigenvalue weighted by atomic mass is 10.1. The van der Waals surface area contributed by atoms with Crippen LogP contribution in [-0.4, -0.2) is 32.2 Å². The van der Waals surface area contributed by atoms with Crippen LogP contribution in [0.3, 0.4) is 0 Å². The Hall–Kier alpha value is -3.58. The molecule has 7 heteroatoms. The first-order valence-electron chi connectivity index (χ1n) is 10.6. The van der Waals surface area contributed by atoms with Crippen molar-refractivity contribution < 1.29 is 19.0 Å². The molecule has 1 heterocycles. The van der Waals surface area contributed by atoms with Gasteiger partial charge in [0.15, 0.2) is 16.6 Å². The number of amides is 1. The normalized spacial score (nSPS) is 10.8. The molecule has 0 fully saturated rings. The van der Waals surface area contributed by atoms with Gasteiger partial charge in [0, 0.05) is 5.56 Å². The molecule has 6 nitrogen and oxygen atoms in total. The van der Waals surface area contributed by atoms with Crippen molar-refractivity contribution in [1.29, 1.82) is 0 Å². The summed E-state index contributed by atoms with van der Waals surface area (Å²) >= 11 is 1.51. The van der Waals surface area contributed by atoms with Crippen LogP contribution in [0.2, 0.25) is 0 Å². The number of thiazole rings is 1. The van der Waals surface area contributed by atoms with Gasteiger partial charge < -0.3 is 14.2 Å². The van der Waals surface area contributed by atoms with Crippen LogP contribution in [0.4, 0.5) is 5.13 Å². The van der Waals surface area contributed by atoms with Gasteiger partial charge in [0.2, 0.25) is 5.75 Å². The third-order valence-corrected chi connectivity index (χ3v) is 6.49. The molecule has 0 atom stereocenters. The van der Waals surface area contributed by atoms with E-state index in [1.165, 1.54) is 32.7 Å². The number of ether oxygens (including phenoxy) is 3. The molecule has 0 unspecified atom stereocenters. The summed E-state index contributed by atoms with van der Waals surface area (Å²) in [5, 5.41) is 0.647. The van der Waals surface area contributed by atoms with Gasteiger partial charge in [-0.05, 0) is 35.7 Å². The van der Waals surface area contributed by atoms with Gasteiger partial charge in [0.1, 0.15) is 0 Å². The highest BCUT2D eigenvalue weighted by atomic mass is 32.1. The predicted octanol–water partition coefficient (Wildman–Crippen LogP) is 5.73. The Balaban J connectivity index is 1.83. The number of benzene rings is 3. The summed E-state index contributed by atoms with van der Waals surface area (Å²) in [7, 11) is 4.61. The lowest BCUT2D eigenvalue weighted by Gasteiger charge is -2.21. The Morgan fingerprint density at radius 2 is 1.64 bits per heavy atom. The molecule has 0 aliphatic carbocycles. The van der Waals surface area contributed by atoms with Crippen LogP contribution >= 0.6 is 11.3 Å². The zero-order valence-corrected chi connectivity index (χ0v) is 19.9. The van der Waals surface area contributed by atoms with E-state index < -0.39 is 0 Å². The van der Waals surface area contributed by atoms with Gasteiger partial charge in [-0.1, -0.05) is 60.7 Å². The largest absolute Gasteiger partial charge is 0.493 e. The lowest BCUT2D eigenvalue weighted by molar-refractivity contribution is 0.0984. The summed E-state index contributed by atoms with van der Waals surface area (Å²) in [4.78, 5) is 20.4. The number of carbonyl (C=O) groups is 1. The van der Waals surface area contributed by atoms with Crippen LogP contribution in [0.25, 0.3) is 10.2 Å². The van der Waals surface area contributed by atoms with E-state index in [1.807, 2.05) is 42.5 Å². The Kier molecular flexibility index (Phi) is 6.79. The van der Waals surface area contributed by atoms with E-state index >= 15 is 0 Å². The van der Waals surface area contributed by atoms with Crippen molar-refractivity contribution in [3.63, 3.8) is 0 Å². The van der Waals surface area contributed by atoms with E-state index in [0.29, 0.717) is 34.5 Å². The molecule has 33 heavy (non-hydrogen) atoms. The number of hydrogen-bond acceptors (Lipinski definition) is 6. The number of para-hydroxylation sites is 1. The molecule has 0 saturated heterocycles. The number of anilines is 1. The number of hydrogen-bond donors (Lipinski definition) is 0. The molecule has 0 spiro atoms. The Morgan fingerprint density at radius 1 is 0.939 bits per heavy atom. The molecule has 1 amide bonds. The van der Waals surface area contributed by atoms with Crippen molar-refractivity contribution in [1.82, 2.24) is 4.98 Å². The summed E-state index contributed by atoms with van der Waals surface area (Å²) in [5.74, 6) is 1.10. The predicted molar refractivity (Wildman–Crippen MR) is 132 cm³/mol. The smallest absolute Gasteiger partial charge is 0.260 e. The average Bonchev–Trinajstić information content (AvgIpc) is 3.30. The van der Waals surface area contributed by atoms with Crippen LogP contribution in [0.1, 0.15) is 28.4 Å². The van der Waals surface area contributed by atoms with Gasteiger partial charge in [0.25, 0.3) is 5.91 Å². The second kappa shape index (κ2) is 9.92. The van der Waals surface area contributed by atoms with Crippen LogP contribution in [-0.2, 0) is 13.0 Å². The number of carbonyl (C=O) groups excluding carboxylic acids is 1. The molecular formula is C26H26N2O4S. The van der Waals surface area contributed by atoms with Gasteiger partial charge in [-0.15, -0.1) is 0 Å². The zero-order valence-electron chi connectivity index (χ0n) is 19.1. The van der Waals surface area contributed by atoms with E-state index in [1.54, 1.807) is 17.0 Å². The first kappa shape index (κ1) is 22.6. The van der Waals surface area contributed by atoms with Gasteiger partial charge in [-0.2, -0.15) is 0 Å². The van der Waals surface area contributed by atoms with Crippen molar-refractivity contribution in [2.75, 3.05) is 26.2 Å². The van der Waals surface area contributed by atoms with Crippen molar-refractivity contribution in [3.05, 3.63) is 77.4 Å². The zero-order chi connectivity index (χ0) is 23.4. The van der Waals surface area contributed by atoms with E-state index in [9.17, 15) is 4.79 Å².